The molecule has 11 nitrogen and oxygen atoms in total. The lowest BCUT2D eigenvalue weighted by Gasteiger charge is -2.23. The zero-order valence-corrected chi connectivity index (χ0v) is 20.0. The molecule has 182 valence electrons. The maximum atomic E-state index is 12.5. The Morgan fingerprint density at radius 2 is 1.58 bits per heavy atom. The van der Waals surface area contributed by atoms with Crippen LogP contribution in [0.25, 0.3) is 0 Å². The first-order valence-electron chi connectivity index (χ1n) is 10.7. The van der Waals surface area contributed by atoms with Crippen LogP contribution in [0.4, 0.5) is 0 Å². The summed E-state index contributed by atoms with van der Waals surface area (Å²) in [6.07, 6.45) is -2.22. The SMILES string of the molecule is [B]C1CC(C)C(COS(=O)(=O)CC2CC([B])OC2COP(=O)(O)OC2CC([B])OC2CO)O1. The topological polar surface area (TPSA) is 147 Å². The van der Waals surface area contributed by atoms with Gasteiger partial charge >= 0.3 is 7.82 Å². The van der Waals surface area contributed by atoms with Crippen molar-refractivity contribution >= 4 is 41.5 Å². The summed E-state index contributed by atoms with van der Waals surface area (Å²) < 4.78 is 68.7. The molecular formula is C17H28B3O11PS. The van der Waals surface area contributed by atoms with Gasteiger partial charge < -0.3 is 24.2 Å². The molecule has 0 bridgehead atoms. The Morgan fingerprint density at radius 3 is 2.21 bits per heavy atom. The highest BCUT2D eigenvalue weighted by Crippen LogP contribution is 2.48. The lowest BCUT2D eigenvalue weighted by Crippen LogP contribution is -2.31. The van der Waals surface area contributed by atoms with E-state index in [2.05, 4.69) is 0 Å². The van der Waals surface area contributed by atoms with Crippen molar-refractivity contribution < 1.29 is 50.4 Å². The average molecular weight is 504 g/mol. The first-order valence-corrected chi connectivity index (χ1v) is 13.8. The Bertz CT molecular complexity index is 805. The van der Waals surface area contributed by atoms with Gasteiger partial charge in [-0.2, -0.15) is 8.42 Å². The fourth-order valence-electron chi connectivity index (χ4n) is 4.20. The Kier molecular flexibility index (Phi) is 9.56. The number of hydrogen-bond donors (Lipinski definition) is 2. The van der Waals surface area contributed by atoms with Gasteiger partial charge in [-0.25, -0.2) is 4.57 Å². The van der Waals surface area contributed by atoms with Gasteiger partial charge in [-0.05, 0) is 25.2 Å². The molecule has 0 saturated carbocycles. The first kappa shape index (κ1) is 27.6. The standard InChI is InChI=1S/C17H28B3O11PS/c1-9-2-15(18)29-13(9)7-27-33(24,25)8-10-3-16(19)30-14(10)6-26-32(22,23)31-11-4-17(20)28-12(11)5-21/h9-17,21H,2-8H2,1H3,(H,22,23). The van der Waals surface area contributed by atoms with Crippen LogP contribution in [0, 0.1) is 11.8 Å². The van der Waals surface area contributed by atoms with Crippen LogP contribution >= 0.6 is 7.82 Å². The lowest BCUT2D eigenvalue weighted by atomic mass is 9.92. The van der Waals surface area contributed by atoms with Gasteiger partial charge in [0.15, 0.2) is 0 Å². The molecule has 33 heavy (non-hydrogen) atoms. The number of phosphoric acid groups is 1. The van der Waals surface area contributed by atoms with Crippen LogP contribution in [0.5, 0.6) is 0 Å². The van der Waals surface area contributed by atoms with Crippen LogP contribution in [0.3, 0.4) is 0 Å². The summed E-state index contributed by atoms with van der Waals surface area (Å²) in [5.41, 5.74) is 0. The van der Waals surface area contributed by atoms with E-state index in [9.17, 15) is 23.0 Å². The second-order valence-electron chi connectivity index (χ2n) is 8.68. The highest BCUT2D eigenvalue weighted by molar-refractivity contribution is 7.86. The van der Waals surface area contributed by atoms with Gasteiger partial charge in [0.2, 0.25) is 0 Å². The van der Waals surface area contributed by atoms with Crippen molar-refractivity contribution in [1.29, 1.82) is 0 Å². The van der Waals surface area contributed by atoms with Crippen molar-refractivity contribution in [2.24, 2.45) is 11.8 Å². The van der Waals surface area contributed by atoms with Crippen molar-refractivity contribution in [1.82, 2.24) is 0 Å². The number of ether oxygens (including phenoxy) is 3. The van der Waals surface area contributed by atoms with Crippen molar-refractivity contribution in [2.75, 3.05) is 25.6 Å². The molecule has 0 aromatic heterocycles. The van der Waals surface area contributed by atoms with Gasteiger partial charge in [0.1, 0.15) is 29.6 Å². The van der Waals surface area contributed by atoms with Crippen molar-refractivity contribution in [3.8, 4) is 0 Å². The minimum absolute atomic E-state index is 0.0588. The highest BCUT2D eigenvalue weighted by Gasteiger charge is 2.41. The minimum Gasteiger partial charge on any atom is -0.394 e. The van der Waals surface area contributed by atoms with Gasteiger partial charge in [0.25, 0.3) is 10.1 Å². The summed E-state index contributed by atoms with van der Waals surface area (Å²) in [6.45, 7) is 0.849. The van der Waals surface area contributed by atoms with E-state index in [-0.39, 0.29) is 25.4 Å². The van der Waals surface area contributed by atoms with Crippen molar-refractivity contribution in [3.63, 3.8) is 0 Å². The van der Waals surface area contributed by atoms with Gasteiger partial charge in [-0.3, -0.25) is 13.2 Å². The zero-order valence-electron chi connectivity index (χ0n) is 18.3. The van der Waals surface area contributed by atoms with Crippen LogP contribution in [-0.4, -0.2) is 110 Å². The molecule has 3 heterocycles. The largest absolute Gasteiger partial charge is 0.472 e. The second-order valence-corrected chi connectivity index (χ2v) is 11.8. The van der Waals surface area contributed by atoms with Gasteiger partial charge in [0, 0.05) is 23.9 Å². The van der Waals surface area contributed by atoms with Crippen LogP contribution in [-0.2, 0) is 42.1 Å². The Morgan fingerprint density at radius 1 is 0.970 bits per heavy atom. The summed E-state index contributed by atoms with van der Waals surface area (Å²) >= 11 is 0. The summed E-state index contributed by atoms with van der Waals surface area (Å²) in [6, 6.07) is -1.96. The minimum atomic E-state index is -4.59. The summed E-state index contributed by atoms with van der Waals surface area (Å²) in [5, 5.41) is 9.28. The number of rotatable bonds is 11. The van der Waals surface area contributed by atoms with Crippen LogP contribution < -0.4 is 0 Å². The van der Waals surface area contributed by atoms with Gasteiger partial charge in [-0.15, -0.1) is 0 Å². The number of phosphoric ester groups is 1. The van der Waals surface area contributed by atoms with Gasteiger partial charge in [-0.1, -0.05) is 6.92 Å². The van der Waals surface area contributed by atoms with Crippen LogP contribution in [0.15, 0.2) is 0 Å². The molecule has 3 aliphatic rings. The number of aliphatic hydroxyl groups is 1. The van der Waals surface area contributed by atoms with Gasteiger partial charge in [0.05, 0.1) is 43.9 Å². The third kappa shape index (κ3) is 8.03. The molecule has 0 aromatic rings. The molecule has 3 aliphatic heterocycles. The molecule has 2 N–H and O–H groups in total. The lowest BCUT2D eigenvalue weighted by molar-refractivity contribution is -0.0162. The van der Waals surface area contributed by atoms with E-state index in [4.69, 9.17) is 51.0 Å². The smallest absolute Gasteiger partial charge is 0.394 e. The molecule has 6 radical (unpaired) electrons. The molecule has 0 amide bonds. The molecule has 3 fully saturated rings. The predicted molar refractivity (Wildman–Crippen MR) is 117 cm³/mol. The quantitative estimate of drug-likeness (QED) is 0.202. The normalized spacial score (nSPS) is 41.4. The maximum Gasteiger partial charge on any atom is 0.472 e. The Balaban J connectivity index is 1.51. The molecule has 3 saturated heterocycles. The number of hydrogen-bond acceptors (Lipinski definition) is 10. The molecule has 10 unspecified atom stereocenters. The van der Waals surface area contributed by atoms with E-state index >= 15 is 0 Å². The van der Waals surface area contributed by atoms with E-state index in [1.165, 1.54) is 0 Å². The van der Waals surface area contributed by atoms with Crippen LogP contribution in [0.1, 0.15) is 26.2 Å². The van der Waals surface area contributed by atoms with Crippen LogP contribution in [0.2, 0.25) is 0 Å². The summed E-state index contributed by atoms with van der Waals surface area (Å²) in [4.78, 5) is 10.1. The second kappa shape index (κ2) is 11.4. The fraction of sp³-hybridized carbons (Fsp3) is 1.00. The molecule has 16 heteroatoms. The van der Waals surface area contributed by atoms with E-state index in [1.54, 1.807) is 0 Å². The predicted octanol–water partition coefficient (Wildman–Crippen LogP) is -1.07. The monoisotopic (exact) mass is 504 g/mol. The first-order chi connectivity index (χ1) is 15.4. The fourth-order valence-corrected chi connectivity index (χ4v) is 6.47. The zero-order chi connectivity index (χ0) is 24.4. The maximum absolute atomic E-state index is 12.5. The summed E-state index contributed by atoms with van der Waals surface area (Å²) in [7, 11) is 8.56. The third-order valence-corrected chi connectivity index (χ3v) is 8.25. The van der Waals surface area contributed by atoms with E-state index < -0.39 is 85.3 Å². The van der Waals surface area contributed by atoms with Crippen molar-refractivity contribution in [2.45, 2.75) is 68.6 Å². The summed E-state index contributed by atoms with van der Waals surface area (Å²) in [5.74, 6) is -0.998. The third-order valence-electron chi connectivity index (χ3n) is 5.91. The van der Waals surface area contributed by atoms with Crippen molar-refractivity contribution in [3.05, 3.63) is 0 Å². The molecule has 0 spiro atoms. The Labute approximate surface area is 198 Å². The molecule has 0 aromatic carbocycles. The number of aliphatic hydroxyl groups excluding tert-OH is 1. The Hall–Kier alpha value is 0.0548. The van der Waals surface area contributed by atoms with E-state index in [0.717, 1.165) is 0 Å². The molecular weight excluding hydrogens is 476 g/mol. The molecule has 0 aliphatic carbocycles. The van der Waals surface area contributed by atoms with E-state index in [1.807, 2.05) is 6.92 Å². The highest BCUT2D eigenvalue weighted by atomic mass is 32.2. The molecule has 3 rings (SSSR count). The van der Waals surface area contributed by atoms with E-state index in [0.29, 0.717) is 6.42 Å². The average Bonchev–Trinajstić information content (AvgIpc) is 3.33. The molecule has 10 atom stereocenters.